The van der Waals surface area contributed by atoms with E-state index >= 15 is 0 Å². The summed E-state index contributed by atoms with van der Waals surface area (Å²) in [6, 6.07) is 13.3. The first-order valence-corrected chi connectivity index (χ1v) is 10.3. The van der Waals surface area contributed by atoms with Crippen LogP contribution in [0, 0.1) is 12.7 Å². The standard InChI is InChI=1S/C23H28FN3O3/c1-18-5-4-6-21(17-18)30-16-3-2-7-22(28)26-12-14-27(15-13-26)23(29)25-20-10-8-19(24)9-11-20/h4-6,8-11,17H,2-3,7,12-16H2,1H3,(H,25,29). The Hall–Kier alpha value is -3.09. The van der Waals surface area contributed by atoms with Gasteiger partial charge in [0.2, 0.25) is 5.91 Å². The van der Waals surface area contributed by atoms with Crippen LogP contribution in [0.1, 0.15) is 24.8 Å². The lowest BCUT2D eigenvalue weighted by Gasteiger charge is -2.34. The molecular formula is C23H28FN3O3. The fourth-order valence-electron chi connectivity index (χ4n) is 3.33. The van der Waals surface area contributed by atoms with Crippen LogP contribution in [-0.2, 0) is 4.79 Å². The van der Waals surface area contributed by atoms with Gasteiger partial charge in [0, 0.05) is 38.3 Å². The number of aryl methyl sites for hydroxylation is 1. The molecule has 0 unspecified atom stereocenters. The highest BCUT2D eigenvalue weighted by Gasteiger charge is 2.23. The van der Waals surface area contributed by atoms with Gasteiger partial charge in [-0.1, -0.05) is 12.1 Å². The molecule has 2 aromatic carbocycles. The Kier molecular flexibility index (Phi) is 7.65. The summed E-state index contributed by atoms with van der Waals surface area (Å²) in [6.07, 6.45) is 2.08. The first-order chi connectivity index (χ1) is 14.5. The summed E-state index contributed by atoms with van der Waals surface area (Å²) in [5.41, 5.74) is 1.71. The number of rotatable bonds is 7. The number of benzene rings is 2. The molecule has 0 spiro atoms. The van der Waals surface area contributed by atoms with Crippen molar-refractivity contribution >= 4 is 17.6 Å². The van der Waals surface area contributed by atoms with E-state index in [0.717, 1.165) is 24.2 Å². The van der Waals surface area contributed by atoms with Gasteiger partial charge in [0.05, 0.1) is 6.61 Å². The van der Waals surface area contributed by atoms with E-state index in [1.54, 1.807) is 4.90 Å². The molecule has 1 N–H and O–H groups in total. The van der Waals surface area contributed by atoms with Crippen LogP contribution < -0.4 is 10.1 Å². The van der Waals surface area contributed by atoms with Crippen LogP contribution in [0.5, 0.6) is 5.75 Å². The smallest absolute Gasteiger partial charge is 0.321 e. The second kappa shape index (κ2) is 10.6. The summed E-state index contributed by atoms with van der Waals surface area (Å²) in [5.74, 6) is 0.627. The normalized spacial score (nSPS) is 13.8. The Labute approximate surface area is 176 Å². The van der Waals surface area contributed by atoms with E-state index in [9.17, 15) is 14.0 Å². The molecule has 0 bridgehead atoms. The molecular weight excluding hydrogens is 385 g/mol. The van der Waals surface area contributed by atoms with E-state index in [-0.39, 0.29) is 17.8 Å². The Morgan fingerprint density at radius 2 is 1.70 bits per heavy atom. The summed E-state index contributed by atoms with van der Waals surface area (Å²) >= 11 is 0. The highest BCUT2D eigenvalue weighted by atomic mass is 19.1. The van der Waals surface area contributed by atoms with Crippen molar-refractivity contribution in [3.63, 3.8) is 0 Å². The van der Waals surface area contributed by atoms with Crippen molar-refractivity contribution in [1.29, 1.82) is 0 Å². The summed E-state index contributed by atoms with van der Waals surface area (Å²) in [7, 11) is 0. The van der Waals surface area contributed by atoms with E-state index < -0.39 is 0 Å². The predicted molar refractivity (Wildman–Crippen MR) is 114 cm³/mol. The zero-order valence-corrected chi connectivity index (χ0v) is 17.3. The molecule has 1 heterocycles. The molecule has 3 rings (SSSR count). The van der Waals surface area contributed by atoms with E-state index in [2.05, 4.69) is 5.32 Å². The van der Waals surface area contributed by atoms with Crippen molar-refractivity contribution in [2.75, 3.05) is 38.1 Å². The number of ether oxygens (including phenoxy) is 1. The highest BCUT2D eigenvalue weighted by Crippen LogP contribution is 2.14. The summed E-state index contributed by atoms with van der Waals surface area (Å²) in [4.78, 5) is 28.2. The summed E-state index contributed by atoms with van der Waals surface area (Å²) in [6.45, 7) is 4.63. The number of nitrogens with zero attached hydrogens (tertiary/aromatic N) is 2. The average molecular weight is 413 g/mol. The maximum atomic E-state index is 13.0. The lowest BCUT2D eigenvalue weighted by molar-refractivity contribution is -0.132. The zero-order valence-electron chi connectivity index (χ0n) is 17.3. The van der Waals surface area contributed by atoms with Gasteiger partial charge in [-0.2, -0.15) is 0 Å². The van der Waals surface area contributed by atoms with Crippen LogP contribution in [0.25, 0.3) is 0 Å². The van der Waals surface area contributed by atoms with E-state index in [1.807, 2.05) is 36.1 Å². The quantitative estimate of drug-likeness (QED) is 0.697. The van der Waals surface area contributed by atoms with Crippen molar-refractivity contribution in [1.82, 2.24) is 9.80 Å². The minimum atomic E-state index is -0.346. The minimum absolute atomic E-state index is 0.115. The van der Waals surface area contributed by atoms with Crippen molar-refractivity contribution in [2.24, 2.45) is 0 Å². The third kappa shape index (κ3) is 6.47. The van der Waals surface area contributed by atoms with Gasteiger partial charge in [-0.25, -0.2) is 9.18 Å². The number of anilines is 1. The van der Waals surface area contributed by atoms with Gasteiger partial charge >= 0.3 is 6.03 Å². The Bertz CT molecular complexity index is 849. The van der Waals surface area contributed by atoms with Gasteiger partial charge in [-0.05, 0) is 61.7 Å². The highest BCUT2D eigenvalue weighted by molar-refractivity contribution is 5.89. The number of halogens is 1. The molecule has 1 aliphatic rings. The van der Waals surface area contributed by atoms with Crippen LogP contribution in [0.4, 0.5) is 14.9 Å². The van der Waals surface area contributed by atoms with Gasteiger partial charge in [-0.15, -0.1) is 0 Å². The number of piperazine rings is 1. The van der Waals surface area contributed by atoms with E-state index in [1.165, 1.54) is 24.3 Å². The van der Waals surface area contributed by atoms with E-state index in [0.29, 0.717) is 44.9 Å². The van der Waals surface area contributed by atoms with Gasteiger partial charge < -0.3 is 19.9 Å². The lowest BCUT2D eigenvalue weighted by atomic mass is 10.2. The maximum Gasteiger partial charge on any atom is 0.321 e. The molecule has 0 aromatic heterocycles. The first-order valence-electron chi connectivity index (χ1n) is 10.3. The lowest BCUT2D eigenvalue weighted by Crippen LogP contribution is -2.51. The Balaban J connectivity index is 1.31. The fraction of sp³-hybridized carbons (Fsp3) is 0.391. The summed E-state index contributed by atoms with van der Waals surface area (Å²) in [5, 5.41) is 2.75. The monoisotopic (exact) mass is 413 g/mol. The molecule has 0 saturated carbocycles. The topological polar surface area (TPSA) is 61.9 Å². The third-order valence-electron chi connectivity index (χ3n) is 5.06. The van der Waals surface area contributed by atoms with Crippen LogP contribution in [0.2, 0.25) is 0 Å². The third-order valence-corrected chi connectivity index (χ3v) is 5.06. The largest absolute Gasteiger partial charge is 0.494 e. The molecule has 0 radical (unpaired) electrons. The molecule has 2 aromatic rings. The molecule has 1 aliphatic heterocycles. The minimum Gasteiger partial charge on any atom is -0.494 e. The molecule has 0 atom stereocenters. The number of urea groups is 1. The number of hydrogen-bond acceptors (Lipinski definition) is 3. The maximum absolute atomic E-state index is 13.0. The van der Waals surface area contributed by atoms with Crippen molar-refractivity contribution in [2.45, 2.75) is 26.2 Å². The van der Waals surface area contributed by atoms with E-state index in [4.69, 9.17) is 4.74 Å². The van der Waals surface area contributed by atoms with Crippen molar-refractivity contribution in [3.05, 3.63) is 59.9 Å². The Morgan fingerprint density at radius 3 is 2.40 bits per heavy atom. The first kappa shape index (κ1) is 21.6. The van der Waals surface area contributed by atoms with Gasteiger partial charge in [0.15, 0.2) is 0 Å². The zero-order chi connectivity index (χ0) is 21.3. The van der Waals surface area contributed by atoms with Crippen molar-refractivity contribution < 1.29 is 18.7 Å². The Morgan fingerprint density at radius 1 is 1.00 bits per heavy atom. The molecule has 1 fully saturated rings. The number of hydrogen-bond donors (Lipinski definition) is 1. The number of nitrogens with one attached hydrogen (secondary N) is 1. The van der Waals surface area contributed by atoms with Crippen LogP contribution in [-0.4, -0.2) is 54.5 Å². The molecule has 0 aliphatic carbocycles. The average Bonchev–Trinajstić information content (AvgIpc) is 2.75. The SMILES string of the molecule is Cc1cccc(OCCCCC(=O)N2CCN(C(=O)Nc3ccc(F)cc3)CC2)c1. The second-order valence-electron chi connectivity index (χ2n) is 7.43. The molecule has 7 heteroatoms. The van der Waals surface area contributed by atoms with Gasteiger partial charge in [0.1, 0.15) is 11.6 Å². The molecule has 6 nitrogen and oxygen atoms in total. The molecule has 160 valence electrons. The van der Waals surface area contributed by atoms with Crippen LogP contribution >= 0.6 is 0 Å². The van der Waals surface area contributed by atoms with Gasteiger partial charge in [-0.3, -0.25) is 4.79 Å². The number of carbonyl (C=O) groups is 2. The number of amides is 3. The molecule has 30 heavy (non-hydrogen) atoms. The molecule has 3 amide bonds. The predicted octanol–water partition coefficient (Wildman–Crippen LogP) is 4.06. The van der Waals surface area contributed by atoms with Crippen LogP contribution in [0.15, 0.2) is 48.5 Å². The fourth-order valence-corrected chi connectivity index (χ4v) is 3.33. The van der Waals surface area contributed by atoms with Crippen LogP contribution in [0.3, 0.4) is 0 Å². The molecule has 1 saturated heterocycles. The second-order valence-corrected chi connectivity index (χ2v) is 7.43. The number of unbranched alkanes of at least 4 members (excludes halogenated alkanes) is 1. The van der Waals surface area contributed by atoms with Gasteiger partial charge in [0.25, 0.3) is 0 Å². The number of carbonyl (C=O) groups excluding carboxylic acids is 2. The van der Waals surface area contributed by atoms with Crippen molar-refractivity contribution in [3.8, 4) is 5.75 Å². The summed E-state index contributed by atoms with van der Waals surface area (Å²) < 4.78 is 18.7.